The molecule has 0 aliphatic heterocycles. The molecule has 3 N–H and O–H groups in total. The van der Waals surface area contributed by atoms with Crippen LogP contribution in [-0.2, 0) is 20.7 Å². The van der Waals surface area contributed by atoms with Crippen molar-refractivity contribution in [2.75, 3.05) is 13.7 Å². The summed E-state index contributed by atoms with van der Waals surface area (Å²) in [6, 6.07) is -0.620. The van der Waals surface area contributed by atoms with E-state index >= 15 is 0 Å². The average Bonchev–Trinajstić information content (AvgIpc) is 3.00. The first-order chi connectivity index (χ1) is 11.2. The van der Waals surface area contributed by atoms with Crippen LogP contribution in [0.1, 0.15) is 39.8 Å². The Balaban J connectivity index is 2.58. The normalized spacial score (nSPS) is 13.9. The number of amides is 1. The zero-order chi connectivity index (χ0) is 18.2. The highest BCUT2D eigenvalue weighted by Gasteiger charge is 2.24. The van der Waals surface area contributed by atoms with Gasteiger partial charge < -0.3 is 19.8 Å². The van der Waals surface area contributed by atoms with Crippen LogP contribution in [0.5, 0.6) is 0 Å². The second-order valence-electron chi connectivity index (χ2n) is 6.51. The van der Waals surface area contributed by atoms with Crippen LogP contribution in [0.15, 0.2) is 12.5 Å². The lowest BCUT2D eigenvalue weighted by Gasteiger charge is -2.25. The maximum absolute atomic E-state index is 12.0. The molecule has 0 bridgehead atoms. The average molecular weight is 340 g/mol. The molecule has 1 aromatic heterocycles. The number of ether oxygens (including phenoxy) is 2. The van der Waals surface area contributed by atoms with Crippen molar-refractivity contribution < 1.29 is 19.1 Å². The summed E-state index contributed by atoms with van der Waals surface area (Å²) < 4.78 is 10.1. The molecule has 0 radical (unpaired) electrons. The Labute approximate surface area is 142 Å². The SMILES string of the molecule is CCC(CNC(=O)OC(C)(C)C)NC(Cc1cnc[nH]1)C(=O)OC. The number of hydrogen-bond donors (Lipinski definition) is 3. The highest BCUT2D eigenvalue weighted by Crippen LogP contribution is 2.07. The molecule has 2 atom stereocenters. The Hall–Kier alpha value is -2.09. The highest BCUT2D eigenvalue weighted by atomic mass is 16.6. The molecule has 1 aromatic rings. The van der Waals surface area contributed by atoms with E-state index in [4.69, 9.17) is 9.47 Å². The van der Waals surface area contributed by atoms with E-state index < -0.39 is 17.7 Å². The molecule has 1 rings (SSSR count). The zero-order valence-corrected chi connectivity index (χ0v) is 15.0. The summed E-state index contributed by atoms with van der Waals surface area (Å²) >= 11 is 0. The third-order valence-electron chi connectivity index (χ3n) is 3.29. The first-order valence-corrected chi connectivity index (χ1v) is 8.03. The first-order valence-electron chi connectivity index (χ1n) is 8.03. The van der Waals surface area contributed by atoms with E-state index in [0.717, 1.165) is 12.1 Å². The molecule has 1 amide bonds. The van der Waals surface area contributed by atoms with Crippen LogP contribution in [0.4, 0.5) is 4.79 Å². The molecule has 24 heavy (non-hydrogen) atoms. The Bertz CT molecular complexity index is 511. The van der Waals surface area contributed by atoms with E-state index in [1.54, 1.807) is 33.3 Å². The lowest BCUT2D eigenvalue weighted by atomic mass is 10.1. The number of rotatable bonds is 8. The number of nitrogens with one attached hydrogen (secondary N) is 3. The smallest absolute Gasteiger partial charge is 0.407 e. The molecule has 0 fully saturated rings. The number of methoxy groups -OCH3 is 1. The van der Waals surface area contributed by atoms with Gasteiger partial charge in [-0.3, -0.25) is 10.1 Å². The number of aromatic nitrogens is 2. The van der Waals surface area contributed by atoms with Gasteiger partial charge in [-0.15, -0.1) is 0 Å². The predicted molar refractivity (Wildman–Crippen MR) is 89.5 cm³/mol. The second kappa shape index (κ2) is 9.27. The van der Waals surface area contributed by atoms with Crippen molar-refractivity contribution in [1.82, 2.24) is 20.6 Å². The van der Waals surface area contributed by atoms with Crippen molar-refractivity contribution in [2.45, 2.75) is 58.2 Å². The van der Waals surface area contributed by atoms with Gasteiger partial charge in [0.1, 0.15) is 11.6 Å². The van der Waals surface area contributed by atoms with E-state index in [0.29, 0.717) is 13.0 Å². The minimum absolute atomic E-state index is 0.0930. The molecule has 1 heterocycles. The van der Waals surface area contributed by atoms with Gasteiger partial charge in [0.2, 0.25) is 0 Å². The lowest BCUT2D eigenvalue weighted by molar-refractivity contribution is -0.143. The van der Waals surface area contributed by atoms with Crippen molar-refractivity contribution in [2.24, 2.45) is 0 Å². The standard InChI is InChI=1S/C16H28N4O4/c1-6-11(9-18-15(22)24-16(2,3)4)20-13(14(21)23-5)7-12-8-17-10-19-12/h8,10-11,13,20H,6-7,9H2,1-5H3,(H,17,19)(H,18,22). The van der Waals surface area contributed by atoms with Gasteiger partial charge in [0.15, 0.2) is 0 Å². The van der Waals surface area contributed by atoms with E-state index in [2.05, 4.69) is 20.6 Å². The van der Waals surface area contributed by atoms with Gasteiger partial charge in [-0.25, -0.2) is 9.78 Å². The van der Waals surface area contributed by atoms with Crippen LogP contribution >= 0.6 is 0 Å². The van der Waals surface area contributed by atoms with Gasteiger partial charge in [-0.2, -0.15) is 0 Å². The molecule has 8 heteroatoms. The summed E-state index contributed by atoms with van der Waals surface area (Å²) in [6.07, 6.45) is 3.90. The number of alkyl carbamates (subject to hydrolysis) is 1. The molecule has 0 spiro atoms. The van der Waals surface area contributed by atoms with Crippen molar-refractivity contribution >= 4 is 12.1 Å². The molecular formula is C16H28N4O4. The molecule has 0 aromatic carbocycles. The first kappa shape index (κ1) is 20.0. The number of nitrogens with zero attached hydrogens (tertiary/aromatic N) is 1. The predicted octanol–water partition coefficient (Wildman–Crippen LogP) is 1.39. The highest BCUT2D eigenvalue weighted by molar-refractivity contribution is 5.76. The second-order valence-corrected chi connectivity index (χ2v) is 6.51. The maximum atomic E-state index is 12.0. The van der Waals surface area contributed by atoms with Crippen LogP contribution in [-0.4, -0.2) is 53.4 Å². The van der Waals surface area contributed by atoms with Crippen LogP contribution in [0.25, 0.3) is 0 Å². The van der Waals surface area contributed by atoms with Gasteiger partial charge in [-0.05, 0) is 27.2 Å². The van der Waals surface area contributed by atoms with Crippen molar-refractivity contribution in [3.8, 4) is 0 Å². The van der Waals surface area contributed by atoms with Gasteiger partial charge >= 0.3 is 12.1 Å². The summed E-state index contributed by atoms with van der Waals surface area (Å²) in [6.45, 7) is 7.74. The molecule has 2 unspecified atom stereocenters. The quantitative estimate of drug-likeness (QED) is 0.618. The zero-order valence-electron chi connectivity index (χ0n) is 15.0. The molecule has 0 aliphatic rings. The minimum atomic E-state index is -0.547. The Morgan fingerprint density at radius 1 is 1.38 bits per heavy atom. The van der Waals surface area contributed by atoms with Crippen LogP contribution in [0.3, 0.4) is 0 Å². The van der Waals surface area contributed by atoms with Gasteiger partial charge in [0.05, 0.1) is 13.4 Å². The molecule has 0 saturated carbocycles. The fraction of sp³-hybridized carbons (Fsp3) is 0.688. The molecule has 136 valence electrons. The fourth-order valence-electron chi connectivity index (χ4n) is 2.10. The van der Waals surface area contributed by atoms with Gasteiger partial charge in [0, 0.05) is 30.9 Å². The molecule has 0 aliphatic carbocycles. The Kier molecular flexibility index (Phi) is 7.70. The Morgan fingerprint density at radius 3 is 2.58 bits per heavy atom. The molecule has 8 nitrogen and oxygen atoms in total. The molecular weight excluding hydrogens is 312 g/mol. The summed E-state index contributed by atoms with van der Waals surface area (Å²) in [7, 11) is 1.35. The number of aromatic amines is 1. The van der Waals surface area contributed by atoms with Crippen molar-refractivity contribution in [1.29, 1.82) is 0 Å². The number of hydrogen-bond acceptors (Lipinski definition) is 6. The summed E-state index contributed by atoms with van der Waals surface area (Å²) in [5.41, 5.74) is 0.279. The van der Waals surface area contributed by atoms with E-state index in [-0.39, 0.29) is 12.0 Å². The van der Waals surface area contributed by atoms with Crippen molar-refractivity contribution in [3.63, 3.8) is 0 Å². The third-order valence-corrected chi connectivity index (χ3v) is 3.29. The van der Waals surface area contributed by atoms with E-state index in [1.807, 2.05) is 6.92 Å². The minimum Gasteiger partial charge on any atom is -0.468 e. The summed E-state index contributed by atoms with van der Waals surface area (Å²) in [5.74, 6) is -0.361. The lowest BCUT2D eigenvalue weighted by Crippen LogP contribution is -2.50. The number of carbonyl (C=O) groups is 2. The van der Waals surface area contributed by atoms with E-state index in [9.17, 15) is 9.59 Å². The van der Waals surface area contributed by atoms with Crippen LogP contribution in [0.2, 0.25) is 0 Å². The molecule has 0 saturated heterocycles. The number of esters is 1. The monoisotopic (exact) mass is 340 g/mol. The third kappa shape index (κ3) is 7.45. The van der Waals surface area contributed by atoms with Crippen molar-refractivity contribution in [3.05, 3.63) is 18.2 Å². The Morgan fingerprint density at radius 2 is 2.08 bits per heavy atom. The van der Waals surface area contributed by atoms with Crippen LogP contribution in [0, 0.1) is 0 Å². The van der Waals surface area contributed by atoms with E-state index in [1.165, 1.54) is 7.11 Å². The summed E-state index contributed by atoms with van der Waals surface area (Å²) in [4.78, 5) is 30.6. The number of imidazole rings is 1. The largest absolute Gasteiger partial charge is 0.468 e. The summed E-state index contributed by atoms with van der Waals surface area (Å²) in [5, 5.41) is 5.93. The number of carbonyl (C=O) groups excluding carboxylic acids is 2. The topological polar surface area (TPSA) is 105 Å². The van der Waals surface area contributed by atoms with Gasteiger partial charge in [0.25, 0.3) is 0 Å². The maximum Gasteiger partial charge on any atom is 0.407 e. The van der Waals surface area contributed by atoms with Gasteiger partial charge in [-0.1, -0.05) is 6.92 Å². The van der Waals surface area contributed by atoms with Crippen LogP contribution < -0.4 is 10.6 Å². The number of H-pyrrole nitrogens is 1. The fourth-order valence-corrected chi connectivity index (χ4v) is 2.10.